The normalized spacial score (nSPS) is 25.7. The van der Waals surface area contributed by atoms with E-state index in [2.05, 4.69) is 100 Å². The molecule has 2 aromatic heterocycles. The summed E-state index contributed by atoms with van der Waals surface area (Å²) in [6, 6.07) is 49.6. The zero-order valence-electron chi connectivity index (χ0n) is 31.5. The number of hydrogen-bond donors (Lipinski definition) is 2. The van der Waals surface area contributed by atoms with E-state index in [9.17, 15) is 10.2 Å². The summed E-state index contributed by atoms with van der Waals surface area (Å²) >= 11 is 0. The monoisotopic (exact) mass is 708 g/mol. The lowest BCUT2D eigenvalue weighted by molar-refractivity contribution is -0.0808. The number of hydrogen-bond acceptors (Lipinski definition) is 4. The summed E-state index contributed by atoms with van der Waals surface area (Å²) in [6.45, 7) is 9.46. The number of nitrogens with zero attached hydrogens (tertiary/aromatic N) is 2. The van der Waals surface area contributed by atoms with Gasteiger partial charge in [0.25, 0.3) is 0 Å². The Morgan fingerprint density at radius 1 is 0.444 bits per heavy atom. The minimum atomic E-state index is -1.28. The van der Waals surface area contributed by atoms with Crippen LogP contribution in [0, 0.1) is 22.7 Å². The Labute approximate surface area is 319 Å². The van der Waals surface area contributed by atoms with E-state index in [-0.39, 0.29) is 34.5 Å². The third kappa shape index (κ3) is 4.50. The predicted octanol–water partition coefficient (Wildman–Crippen LogP) is 10.5. The fourth-order valence-electron chi connectivity index (χ4n) is 11.6. The zero-order chi connectivity index (χ0) is 37.0. The predicted molar refractivity (Wildman–Crippen MR) is 214 cm³/mol. The summed E-state index contributed by atoms with van der Waals surface area (Å²) < 4.78 is 0. The summed E-state index contributed by atoms with van der Waals surface area (Å²) in [4.78, 5) is 11.1. The summed E-state index contributed by atoms with van der Waals surface area (Å²) in [5, 5.41) is 26.6. The van der Waals surface area contributed by atoms with E-state index in [0.717, 1.165) is 57.9 Å². The van der Waals surface area contributed by atoms with Crippen molar-refractivity contribution in [2.45, 2.75) is 75.4 Å². The van der Waals surface area contributed by atoms with Crippen LogP contribution in [0.1, 0.15) is 109 Å². The Balaban J connectivity index is 1.15. The van der Waals surface area contributed by atoms with E-state index in [1.165, 1.54) is 11.1 Å². The quantitative estimate of drug-likeness (QED) is 0.173. The van der Waals surface area contributed by atoms with Crippen LogP contribution < -0.4 is 0 Å². The summed E-state index contributed by atoms with van der Waals surface area (Å²) in [7, 11) is 0. The van der Waals surface area contributed by atoms with Crippen molar-refractivity contribution < 1.29 is 10.2 Å². The van der Waals surface area contributed by atoms with Crippen LogP contribution in [-0.2, 0) is 11.2 Å². The molecule has 4 heteroatoms. The van der Waals surface area contributed by atoms with Crippen LogP contribution in [0.3, 0.4) is 0 Å². The average Bonchev–Trinajstić information content (AvgIpc) is 3.22. The molecular formula is C50H48N2O2. The van der Waals surface area contributed by atoms with Crippen LogP contribution in [0.4, 0.5) is 0 Å². The second kappa shape index (κ2) is 11.8. The Hall–Kier alpha value is -4.90. The van der Waals surface area contributed by atoms with E-state index >= 15 is 0 Å². The molecule has 0 radical (unpaired) electrons. The van der Waals surface area contributed by atoms with E-state index in [0.29, 0.717) is 11.8 Å². The molecule has 0 aliphatic heterocycles. The molecule has 0 spiro atoms. The van der Waals surface area contributed by atoms with Gasteiger partial charge in [-0.2, -0.15) is 0 Å². The first-order valence-corrected chi connectivity index (χ1v) is 19.7. The molecule has 4 bridgehead atoms. The van der Waals surface area contributed by atoms with Gasteiger partial charge in [-0.15, -0.1) is 0 Å². The molecule has 270 valence electrons. The van der Waals surface area contributed by atoms with Gasteiger partial charge in [-0.3, -0.25) is 9.97 Å². The molecule has 54 heavy (non-hydrogen) atoms. The Morgan fingerprint density at radius 2 is 0.741 bits per heavy atom. The molecule has 4 aromatic carbocycles. The Kier molecular flexibility index (Phi) is 7.35. The summed E-state index contributed by atoms with van der Waals surface area (Å²) in [5.41, 5.74) is 7.08. The maximum atomic E-state index is 13.3. The lowest BCUT2D eigenvalue weighted by Crippen LogP contribution is -2.56. The lowest BCUT2D eigenvalue weighted by atomic mass is 9.42. The molecule has 2 saturated carbocycles. The smallest absolute Gasteiger partial charge is 0.123 e. The summed E-state index contributed by atoms with van der Waals surface area (Å²) in [5.74, 6) is 0.742. The Morgan fingerprint density at radius 3 is 1.02 bits per heavy atom. The van der Waals surface area contributed by atoms with Crippen LogP contribution in [0.2, 0.25) is 0 Å². The first-order valence-electron chi connectivity index (χ1n) is 19.7. The van der Waals surface area contributed by atoms with Gasteiger partial charge in [-0.25, -0.2) is 0 Å². The van der Waals surface area contributed by atoms with Gasteiger partial charge >= 0.3 is 0 Å². The first-order chi connectivity index (χ1) is 26.1. The summed E-state index contributed by atoms with van der Waals surface area (Å²) in [6.07, 6.45) is 2.06. The SMILES string of the molecule is CC1(C)[C@@H]2C[C@H]1[C@@H](C(O)(c1ccccc1)c1ccccc1)c1nc(-c3ccc4c(n3)[C@H](C(O)(c3ccccc3)c3ccccc3)[C@@H]3C[C@H]4C3(C)C)ccc12. The topological polar surface area (TPSA) is 66.2 Å². The van der Waals surface area contributed by atoms with Crippen molar-refractivity contribution in [3.8, 4) is 11.4 Å². The molecule has 0 amide bonds. The highest BCUT2D eigenvalue weighted by Gasteiger charge is 2.64. The Bertz CT molecular complexity index is 2110. The third-order valence-electron chi connectivity index (χ3n) is 14.8. The van der Waals surface area contributed by atoms with Crippen molar-refractivity contribution in [3.63, 3.8) is 0 Å². The van der Waals surface area contributed by atoms with E-state index in [1.54, 1.807) is 0 Å². The molecule has 6 aromatic rings. The number of pyridine rings is 2. The maximum absolute atomic E-state index is 13.3. The second-order valence-corrected chi connectivity index (χ2v) is 17.7. The molecule has 6 aliphatic carbocycles. The van der Waals surface area contributed by atoms with Gasteiger partial charge < -0.3 is 10.2 Å². The number of aromatic nitrogens is 2. The van der Waals surface area contributed by atoms with Gasteiger partial charge in [-0.1, -0.05) is 161 Å². The van der Waals surface area contributed by atoms with Crippen molar-refractivity contribution in [2.24, 2.45) is 22.7 Å². The van der Waals surface area contributed by atoms with Crippen molar-refractivity contribution in [1.82, 2.24) is 9.97 Å². The lowest BCUT2D eigenvalue weighted by Gasteiger charge is -2.63. The molecule has 4 nitrogen and oxygen atoms in total. The fraction of sp³-hybridized carbons (Fsp3) is 0.320. The van der Waals surface area contributed by atoms with Crippen LogP contribution in [0.25, 0.3) is 11.4 Å². The van der Waals surface area contributed by atoms with Gasteiger partial charge in [0, 0.05) is 11.8 Å². The van der Waals surface area contributed by atoms with Gasteiger partial charge in [0.15, 0.2) is 0 Å². The van der Waals surface area contributed by atoms with Crippen molar-refractivity contribution >= 4 is 0 Å². The van der Waals surface area contributed by atoms with Crippen molar-refractivity contribution in [2.75, 3.05) is 0 Å². The second-order valence-electron chi connectivity index (χ2n) is 17.7. The molecule has 0 saturated heterocycles. The first kappa shape index (κ1) is 33.7. The third-order valence-corrected chi connectivity index (χ3v) is 14.8. The molecule has 0 unspecified atom stereocenters. The van der Waals surface area contributed by atoms with E-state index in [4.69, 9.17) is 9.97 Å². The molecule has 6 aliphatic rings. The minimum Gasteiger partial charge on any atom is -0.380 e. The fourth-order valence-corrected chi connectivity index (χ4v) is 11.6. The highest BCUT2D eigenvalue weighted by atomic mass is 16.3. The molecule has 2 N–H and O–H groups in total. The largest absolute Gasteiger partial charge is 0.380 e. The molecule has 12 rings (SSSR count). The van der Waals surface area contributed by atoms with Crippen molar-refractivity contribution in [1.29, 1.82) is 0 Å². The standard InChI is InChI=1S/C50H48N2O2/c1-47(2)37-29-39(47)43(49(53,31-17-9-5-10-18-31)32-19-11-6-12-20-32)45-35(37)25-27-41(51-45)42-28-26-36-38-30-40(48(38,3)4)44(46(36)52-42)50(54,33-21-13-7-14-22-33)34-23-15-8-16-24-34/h5-28,37-40,43-44,53-54H,29-30H2,1-4H3/t37-,38-,39+,40+,43-,44-/m1/s1. The number of benzene rings is 4. The van der Waals surface area contributed by atoms with Crippen LogP contribution in [-0.4, -0.2) is 20.2 Å². The van der Waals surface area contributed by atoms with Gasteiger partial charge in [0.1, 0.15) is 11.2 Å². The molecule has 6 atom stereocenters. The highest BCUT2D eigenvalue weighted by Crippen LogP contribution is 2.71. The maximum Gasteiger partial charge on any atom is 0.123 e. The van der Waals surface area contributed by atoms with Crippen LogP contribution in [0.15, 0.2) is 146 Å². The highest BCUT2D eigenvalue weighted by molar-refractivity contribution is 5.61. The van der Waals surface area contributed by atoms with E-state index < -0.39 is 11.2 Å². The molecule has 2 heterocycles. The van der Waals surface area contributed by atoms with Gasteiger partial charge in [-0.05, 0) is 92.9 Å². The van der Waals surface area contributed by atoms with E-state index in [1.807, 2.05) is 72.8 Å². The number of aliphatic hydroxyl groups is 2. The van der Waals surface area contributed by atoms with Gasteiger partial charge in [0.2, 0.25) is 0 Å². The van der Waals surface area contributed by atoms with Crippen LogP contribution >= 0.6 is 0 Å². The average molecular weight is 709 g/mol. The van der Waals surface area contributed by atoms with Crippen molar-refractivity contribution in [3.05, 3.63) is 190 Å². The van der Waals surface area contributed by atoms with Crippen LogP contribution in [0.5, 0.6) is 0 Å². The molecule has 2 fully saturated rings. The zero-order valence-corrected chi connectivity index (χ0v) is 31.5. The van der Waals surface area contributed by atoms with Gasteiger partial charge in [0.05, 0.1) is 22.8 Å². The minimum absolute atomic E-state index is 0.0167. The molecular weight excluding hydrogens is 661 g/mol. The number of rotatable bonds is 7.